The van der Waals surface area contributed by atoms with Gasteiger partial charge in [-0.2, -0.15) is 5.26 Å². The summed E-state index contributed by atoms with van der Waals surface area (Å²) in [6.45, 7) is 1.18. The molecule has 0 radical (unpaired) electrons. The smallest absolute Gasteiger partial charge is 0.251 e. The molecule has 0 saturated carbocycles. The molecule has 0 spiro atoms. The molecule has 0 bridgehead atoms. The summed E-state index contributed by atoms with van der Waals surface area (Å²) in [5.74, 6) is -0.402. The second-order valence-corrected chi connectivity index (χ2v) is 4.04. The van der Waals surface area contributed by atoms with Crippen LogP contribution in [0, 0.1) is 11.3 Å². The first-order chi connectivity index (χ1) is 9.67. The molecule has 106 valence electrons. The van der Waals surface area contributed by atoms with E-state index in [1.807, 2.05) is 6.07 Å². The van der Waals surface area contributed by atoms with E-state index >= 15 is 0 Å². The highest BCUT2D eigenvalue weighted by atomic mass is 16.5. The van der Waals surface area contributed by atoms with Crippen LogP contribution >= 0.6 is 0 Å². The van der Waals surface area contributed by atoms with Crippen LogP contribution < -0.4 is 10.6 Å². The fourth-order valence-corrected chi connectivity index (χ4v) is 1.47. The molecule has 0 atom stereocenters. The van der Waals surface area contributed by atoms with Crippen LogP contribution in [0.25, 0.3) is 0 Å². The molecule has 6 nitrogen and oxygen atoms in total. The summed E-state index contributed by atoms with van der Waals surface area (Å²) in [5.41, 5.74) is 0.961. The number of nitrogens with one attached hydrogen (secondary N) is 2. The number of rotatable bonds is 7. The average molecular weight is 275 g/mol. The van der Waals surface area contributed by atoms with E-state index in [1.54, 1.807) is 31.4 Å². The van der Waals surface area contributed by atoms with Crippen LogP contribution in [0.5, 0.6) is 0 Å². The molecule has 2 N–H and O–H groups in total. The first-order valence-corrected chi connectivity index (χ1v) is 6.21. The monoisotopic (exact) mass is 275 g/mol. The quantitative estimate of drug-likeness (QED) is 0.706. The number of benzene rings is 1. The minimum Gasteiger partial charge on any atom is -0.383 e. The zero-order chi connectivity index (χ0) is 14.8. The highest BCUT2D eigenvalue weighted by Gasteiger charge is 2.06. The SMILES string of the molecule is COCCNC(=O)CCNC(=O)c1ccc(C#N)cc1. The van der Waals surface area contributed by atoms with Gasteiger partial charge in [0.1, 0.15) is 0 Å². The van der Waals surface area contributed by atoms with Crippen LogP contribution in [0.3, 0.4) is 0 Å². The van der Waals surface area contributed by atoms with Gasteiger partial charge in [-0.15, -0.1) is 0 Å². The molecular weight excluding hydrogens is 258 g/mol. The standard InChI is InChI=1S/C14H17N3O3/c1-20-9-8-16-13(18)6-7-17-14(19)12-4-2-11(10-15)3-5-12/h2-5H,6-9H2,1H3,(H,16,18)(H,17,19). The number of nitrogens with zero attached hydrogens (tertiary/aromatic N) is 1. The van der Waals surface area contributed by atoms with E-state index < -0.39 is 0 Å². The van der Waals surface area contributed by atoms with E-state index in [9.17, 15) is 9.59 Å². The second-order valence-electron chi connectivity index (χ2n) is 4.04. The van der Waals surface area contributed by atoms with Crippen molar-refractivity contribution in [3.8, 4) is 6.07 Å². The van der Waals surface area contributed by atoms with E-state index in [-0.39, 0.29) is 24.8 Å². The molecule has 0 aliphatic rings. The van der Waals surface area contributed by atoms with Crippen molar-refractivity contribution in [2.45, 2.75) is 6.42 Å². The molecule has 0 saturated heterocycles. The first kappa shape index (κ1) is 15.7. The maximum Gasteiger partial charge on any atom is 0.251 e. The minimum absolute atomic E-state index is 0.137. The predicted octanol–water partition coefficient (Wildman–Crippen LogP) is 0.441. The first-order valence-electron chi connectivity index (χ1n) is 6.21. The van der Waals surface area contributed by atoms with Gasteiger partial charge < -0.3 is 15.4 Å². The molecule has 1 aromatic carbocycles. The summed E-state index contributed by atoms with van der Waals surface area (Å²) in [7, 11) is 1.56. The lowest BCUT2D eigenvalue weighted by atomic mass is 10.1. The maximum atomic E-state index is 11.7. The van der Waals surface area contributed by atoms with E-state index in [0.717, 1.165) is 0 Å². The van der Waals surface area contributed by atoms with Gasteiger partial charge >= 0.3 is 0 Å². The lowest BCUT2D eigenvalue weighted by Gasteiger charge is -2.06. The van der Waals surface area contributed by atoms with E-state index in [2.05, 4.69) is 10.6 Å². The highest BCUT2D eigenvalue weighted by molar-refractivity contribution is 5.94. The summed E-state index contributed by atoms with van der Waals surface area (Å²) in [5, 5.41) is 14.0. The van der Waals surface area contributed by atoms with Gasteiger partial charge in [0.15, 0.2) is 0 Å². The molecule has 0 unspecified atom stereocenters. The average Bonchev–Trinajstić information content (AvgIpc) is 2.47. The van der Waals surface area contributed by atoms with Crippen molar-refractivity contribution in [2.24, 2.45) is 0 Å². The Bertz CT molecular complexity index is 491. The van der Waals surface area contributed by atoms with Gasteiger partial charge in [0.2, 0.25) is 5.91 Å². The second kappa shape index (κ2) is 8.67. The summed E-state index contributed by atoms with van der Waals surface area (Å²) in [6, 6.07) is 8.28. The van der Waals surface area contributed by atoms with Gasteiger partial charge in [0, 0.05) is 32.2 Å². The van der Waals surface area contributed by atoms with Crippen LogP contribution in [0.4, 0.5) is 0 Å². The molecular formula is C14H17N3O3. The van der Waals surface area contributed by atoms with E-state index in [1.165, 1.54) is 0 Å². The van der Waals surface area contributed by atoms with Gasteiger partial charge in [0.05, 0.1) is 18.2 Å². The van der Waals surface area contributed by atoms with Crippen molar-refractivity contribution >= 4 is 11.8 Å². The summed E-state index contributed by atoms with van der Waals surface area (Å²) in [4.78, 5) is 23.1. The minimum atomic E-state index is -0.265. The van der Waals surface area contributed by atoms with Gasteiger partial charge in [0.25, 0.3) is 5.91 Å². The van der Waals surface area contributed by atoms with Crippen molar-refractivity contribution in [3.05, 3.63) is 35.4 Å². The normalized spacial score (nSPS) is 9.60. The molecule has 2 amide bonds. The van der Waals surface area contributed by atoms with Crippen molar-refractivity contribution in [1.29, 1.82) is 5.26 Å². The molecule has 20 heavy (non-hydrogen) atoms. The third-order valence-corrected chi connectivity index (χ3v) is 2.54. The fourth-order valence-electron chi connectivity index (χ4n) is 1.47. The molecule has 0 aliphatic heterocycles. The summed E-state index contributed by atoms with van der Waals surface area (Å²) >= 11 is 0. The van der Waals surface area contributed by atoms with Crippen molar-refractivity contribution in [2.75, 3.05) is 26.8 Å². The number of hydrogen-bond acceptors (Lipinski definition) is 4. The number of nitriles is 1. The zero-order valence-electron chi connectivity index (χ0n) is 11.3. The molecule has 0 fully saturated rings. The van der Waals surface area contributed by atoms with Gasteiger partial charge in [-0.3, -0.25) is 9.59 Å². The Balaban J connectivity index is 2.29. The topological polar surface area (TPSA) is 91.2 Å². The molecule has 0 heterocycles. The molecule has 1 rings (SSSR count). The number of hydrogen-bond donors (Lipinski definition) is 2. The van der Waals surface area contributed by atoms with Crippen LogP contribution in [0.15, 0.2) is 24.3 Å². The Hall–Kier alpha value is -2.39. The Morgan fingerprint density at radius 2 is 1.90 bits per heavy atom. The fraction of sp³-hybridized carbons (Fsp3) is 0.357. The van der Waals surface area contributed by atoms with Gasteiger partial charge in [-0.05, 0) is 24.3 Å². The molecule has 6 heteroatoms. The number of ether oxygens (including phenoxy) is 1. The Morgan fingerprint density at radius 3 is 2.50 bits per heavy atom. The van der Waals surface area contributed by atoms with Crippen LogP contribution in [-0.4, -0.2) is 38.6 Å². The van der Waals surface area contributed by atoms with Crippen molar-refractivity contribution in [1.82, 2.24) is 10.6 Å². The summed E-state index contributed by atoms with van der Waals surface area (Å²) in [6.07, 6.45) is 0.214. The lowest BCUT2D eigenvalue weighted by molar-refractivity contribution is -0.121. The van der Waals surface area contributed by atoms with Crippen molar-refractivity contribution < 1.29 is 14.3 Å². The van der Waals surface area contributed by atoms with Crippen LogP contribution in [-0.2, 0) is 9.53 Å². The van der Waals surface area contributed by atoms with Crippen molar-refractivity contribution in [3.63, 3.8) is 0 Å². The third kappa shape index (κ3) is 5.50. The number of amides is 2. The Labute approximate surface area is 117 Å². The number of carbonyl (C=O) groups is 2. The Kier molecular flexibility index (Phi) is 6.79. The van der Waals surface area contributed by atoms with Crippen LogP contribution in [0.1, 0.15) is 22.3 Å². The Morgan fingerprint density at radius 1 is 1.20 bits per heavy atom. The van der Waals surface area contributed by atoms with Crippen LogP contribution in [0.2, 0.25) is 0 Å². The number of carbonyl (C=O) groups excluding carboxylic acids is 2. The van der Waals surface area contributed by atoms with Gasteiger partial charge in [-0.1, -0.05) is 0 Å². The summed E-state index contributed by atoms with van der Waals surface area (Å²) < 4.78 is 4.80. The maximum absolute atomic E-state index is 11.7. The van der Waals surface area contributed by atoms with E-state index in [4.69, 9.17) is 10.00 Å². The molecule has 1 aromatic rings. The molecule has 0 aliphatic carbocycles. The zero-order valence-corrected chi connectivity index (χ0v) is 11.3. The molecule has 0 aromatic heterocycles. The number of methoxy groups -OCH3 is 1. The highest BCUT2D eigenvalue weighted by Crippen LogP contribution is 2.02. The lowest BCUT2D eigenvalue weighted by Crippen LogP contribution is -2.32. The largest absolute Gasteiger partial charge is 0.383 e. The third-order valence-electron chi connectivity index (χ3n) is 2.54. The van der Waals surface area contributed by atoms with Gasteiger partial charge in [-0.25, -0.2) is 0 Å². The van der Waals surface area contributed by atoms with E-state index in [0.29, 0.717) is 24.3 Å². The predicted molar refractivity (Wildman–Crippen MR) is 73.0 cm³/mol.